The Morgan fingerprint density at radius 2 is 1.97 bits per heavy atom. The minimum Gasteiger partial charge on any atom is -0.484 e. The van der Waals surface area contributed by atoms with E-state index in [4.69, 9.17) is 9.47 Å². The Hall–Kier alpha value is -3.35. The average Bonchev–Trinajstić information content (AvgIpc) is 3.39. The van der Waals surface area contributed by atoms with E-state index in [1.54, 1.807) is 6.07 Å². The number of imidazole rings is 1. The van der Waals surface area contributed by atoms with Crippen LogP contribution >= 0.6 is 0 Å². The van der Waals surface area contributed by atoms with Gasteiger partial charge in [0.1, 0.15) is 33.6 Å². The van der Waals surface area contributed by atoms with Gasteiger partial charge in [-0.15, -0.1) is 5.10 Å². The molecule has 2 aliphatic rings. The van der Waals surface area contributed by atoms with Crippen molar-refractivity contribution in [2.45, 2.75) is 43.8 Å². The number of ether oxygens (including phenoxy) is 2. The Labute approximate surface area is 199 Å². The highest BCUT2D eigenvalue weighted by molar-refractivity contribution is 7.91. The van der Waals surface area contributed by atoms with E-state index in [0.717, 1.165) is 12.3 Å². The number of halogens is 2. The van der Waals surface area contributed by atoms with E-state index in [1.165, 1.54) is 16.8 Å². The second-order valence-corrected chi connectivity index (χ2v) is 11.6. The van der Waals surface area contributed by atoms with Gasteiger partial charge in [0.05, 0.1) is 23.9 Å². The summed E-state index contributed by atoms with van der Waals surface area (Å²) in [5, 5.41) is 7.13. The molecule has 0 atom stereocenters. The number of amides is 1. The molecule has 4 heterocycles. The van der Waals surface area contributed by atoms with Gasteiger partial charge in [0, 0.05) is 17.7 Å². The molecule has 0 unspecified atom stereocenters. The molecule has 1 aliphatic heterocycles. The summed E-state index contributed by atoms with van der Waals surface area (Å²) in [4.78, 5) is 20.9. The highest BCUT2D eigenvalue weighted by Gasteiger charge is 2.44. The van der Waals surface area contributed by atoms with Gasteiger partial charge < -0.3 is 14.8 Å². The predicted molar refractivity (Wildman–Crippen MR) is 120 cm³/mol. The Morgan fingerprint density at radius 1 is 1.23 bits per heavy atom. The number of rotatable bonds is 7. The summed E-state index contributed by atoms with van der Waals surface area (Å²) < 4.78 is 63.4. The van der Waals surface area contributed by atoms with Crippen molar-refractivity contribution < 1.29 is 31.5 Å². The third-order valence-corrected chi connectivity index (χ3v) is 7.79. The summed E-state index contributed by atoms with van der Waals surface area (Å²) in [7, 11) is -3.07. The summed E-state index contributed by atoms with van der Waals surface area (Å²) in [6, 6.07) is 4.12. The standard InChI is InChI=1S/C22H23F2N5O5S/c1-21(6-8-35(31,32)9-7-21)27-19(30)15-12-29-17(26-15)2-3-18(28-29)34-20-16(10-14(23)11-25-20)33-13-22(24)4-5-22/h2-3,10-12H,4-9,13H2,1H3,(H,27,30). The molecule has 2 fully saturated rings. The highest BCUT2D eigenvalue weighted by Crippen LogP contribution is 2.41. The largest absolute Gasteiger partial charge is 0.484 e. The summed E-state index contributed by atoms with van der Waals surface area (Å²) in [6.45, 7) is 1.58. The maximum absolute atomic E-state index is 13.9. The van der Waals surface area contributed by atoms with Crippen LogP contribution in [0.4, 0.5) is 8.78 Å². The highest BCUT2D eigenvalue weighted by atomic mass is 32.2. The summed E-state index contributed by atoms with van der Waals surface area (Å²) in [5.74, 6) is -1.13. The SMILES string of the molecule is CC1(NC(=O)c2cn3nc(Oc4ncc(F)cc4OCC4(F)CC4)ccc3n2)CCS(=O)(=O)CC1. The van der Waals surface area contributed by atoms with Crippen LogP contribution in [0, 0.1) is 5.82 Å². The molecule has 10 nitrogen and oxygen atoms in total. The van der Waals surface area contributed by atoms with Gasteiger partial charge in [0.2, 0.25) is 5.88 Å². The lowest BCUT2D eigenvalue weighted by Crippen LogP contribution is -2.51. The van der Waals surface area contributed by atoms with Gasteiger partial charge in [-0.25, -0.2) is 31.7 Å². The number of alkyl halides is 1. The first-order valence-electron chi connectivity index (χ1n) is 11.1. The number of nitrogens with one attached hydrogen (secondary N) is 1. The molecule has 0 radical (unpaired) electrons. The number of hydrogen-bond donors (Lipinski definition) is 1. The molecule has 0 aromatic carbocycles. The maximum atomic E-state index is 13.9. The van der Waals surface area contributed by atoms with Crippen molar-refractivity contribution in [2.75, 3.05) is 18.1 Å². The molecule has 1 amide bonds. The third-order valence-electron chi connectivity index (χ3n) is 6.14. The fraction of sp³-hybridized carbons (Fsp3) is 0.455. The fourth-order valence-electron chi connectivity index (χ4n) is 3.65. The fourth-order valence-corrected chi connectivity index (χ4v) is 5.38. The molecule has 1 N–H and O–H groups in total. The molecular formula is C22H23F2N5O5S. The van der Waals surface area contributed by atoms with Gasteiger partial charge >= 0.3 is 0 Å². The predicted octanol–water partition coefficient (Wildman–Crippen LogP) is 2.63. The zero-order valence-electron chi connectivity index (χ0n) is 18.8. The first kappa shape index (κ1) is 23.4. The van der Waals surface area contributed by atoms with E-state index in [2.05, 4.69) is 20.4 Å². The van der Waals surface area contributed by atoms with Crippen LogP contribution in [0.25, 0.3) is 5.65 Å². The molecule has 5 rings (SSSR count). The first-order valence-corrected chi connectivity index (χ1v) is 12.9. The first-order chi connectivity index (χ1) is 16.5. The van der Waals surface area contributed by atoms with Crippen LogP contribution in [-0.2, 0) is 9.84 Å². The van der Waals surface area contributed by atoms with Crippen LogP contribution in [0.1, 0.15) is 43.1 Å². The Bertz CT molecular complexity index is 1390. The smallest absolute Gasteiger partial charge is 0.271 e. The van der Waals surface area contributed by atoms with E-state index in [0.29, 0.717) is 31.3 Å². The third kappa shape index (κ3) is 5.34. The van der Waals surface area contributed by atoms with E-state index in [9.17, 15) is 22.0 Å². The molecule has 0 bridgehead atoms. The van der Waals surface area contributed by atoms with Gasteiger partial charge in [-0.2, -0.15) is 0 Å². The van der Waals surface area contributed by atoms with Crippen molar-refractivity contribution in [3.05, 3.63) is 42.1 Å². The lowest BCUT2D eigenvalue weighted by Gasteiger charge is -2.34. The van der Waals surface area contributed by atoms with Crippen molar-refractivity contribution in [2.24, 2.45) is 0 Å². The Morgan fingerprint density at radius 3 is 2.69 bits per heavy atom. The second kappa shape index (κ2) is 8.40. The minimum absolute atomic E-state index is 0.0205. The Kier molecular flexibility index (Phi) is 5.61. The van der Waals surface area contributed by atoms with Crippen LogP contribution in [0.3, 0.4) is 0 Å². The van der Waals surface area contributed by atoms with Gasteiger partial charge in [0.15, 0.2) is 11.4 Å². The van der Waals surface area contributed by atoms with Crippen molar-refractivity contribution in [3.8, 4) is 17.5 Å². The van der Waals surface area contributed by atoms with Crippen LogP contribution < -0.4 is 14.8 Å². The molecule has 186 valence electrons. The number of carbonyl (C=O) groups excluding carboxylic acids is 1. The number of carbonyl (C=O) groups is 1. The normalized spacial score (nSPS) is 19.7. The molecule has 35 heavy (non-hydrogen) atoms. The Balaban J connectivity index is 1.31. The number of pyridine rings is 1. The van der Waals surface area contributed by atoms with Crippen molar-refractivity contribution in [3.63, 3.8) is 0 Å². The molecule has 1 aliphatic carbocycles. The molecule has 3 aromatic rings. The topological polar surface area (TPSA) is 125 Å². The van der Waals surface area contributed by atoms with Gasteiger partial charge in [-0.05, 0) is 38.7 Å². The van der Waals surface area contributed by atoms with Gasteiger partial charge in [-0.3, -0.25) is 4.79 Å². The molecule has 0 spiro atoms. The van der Waals surface area contributed by atoms with E-state index >= 15 is 0 Å². The molecular weight excluding hydrogens is 484 g/mol. The zero-order chi connectivity index (χ0) is 24.8. The monoisotopic (exact) mass is 507 g/mol. The van der Waals surface area contributed by atoms with E-state index in [-0.39, 0.29) is 41.3 Å². The number of hydrogen-bond acceptors (Lipinski definition) is 8. The molecule has 1 saturated heterocycles. The van der Waals surface area contributed by atoms with Crippen LogP contribution in [0.15, 0.2) is 30.6 Å². The lowest BCUT2D eigenvalue weighted by molar-refractivity contribution is 0.0895. The number of nitrogens with zero attached hydrogens (tertiary/aromatic N) is 4. The van der Waals surface area contributed by atoms with Crippen LogP contribution in [0.2, 0.25) is 0 Å². The number of aromatic nitrogens is 4. The second-order valence-electron chi connectivity index (χ2n) is 9.27. The molecule has 13 heteroatoms. The number of sulfone groups is 1. The van der Waals surface area contributed by atoms with Crippen LogP contribution in [-0.4, -0.2) is 63.2 Å². The van der Waals surface area contributed by atoms with E-state index < -0.39 is 32.8 Å². The van der Waals surface area contributed by atoms with E-state index in [1.807, 2.05) is 6.92 Å². The average molecular weight is 508 g/mol. The number of fused-ring (bicyclic) bond motifs is 1. The lowest BCUT2D eigenvalue weighted by atomic mass is 9.95. The summed E-state index contributed by atoms with van der Waals surface area (Å²) in [6.07, 6.45) is 3.78. The summed E-state index contributed by atoms with van der Waals surface area (Å²) >= 11 is 0. The zero-order valence-corrected chi connectivity index (χ0v) is 19.6. The van der Waals surface area contributed by atoms with Crippen LogP contribution in [0.5, 0.6) is 17.5 Å². The molecule has 1 saturated carbocycles. The van der Waals surface area contributed by atoms with Crippen molar-refractivity contribution >= 4 is 21.4 Å². The molecule has 3 aromatic heterocycles. The quantitative estimate of drug-likeness (QED) is 0.518. The maximum Gasteiger partial charge on any atom is 0.271 e. The minimum atomic E-state index is -3.07. The van der Waals surface area contributed by atoms with Gasteiger partial charge in [-0.1, -0.05) is 0 Å². The summed E-state index contributed by atoms with van der Waals surface area (Å²) in [5.41, 5.74) is -1.58. The van der Waals surface area contributed by atoms with Crippen molar-refractivity contribution in [1.82, 2.24) is 24.9 Å². The van der Waals surface area contributed by atoms with Gasteiger partial charge in [0.25, 0.3) is 11.8 Å². The van der Waals surface area contributed by atoms with Crippen molar-refractivity contribution in [1.29, 1.82) is 0 Å².